The monoisotopic (exact) mass is 388 g/mol. The van der Waals surface area contributed by atoms with Gasteiger partial charge in [-0.05, 0) is 36.4 Å². The van der Waals surface area contributed by atoms with Crippen molar-refractivity contribution in [2.75, 3.05) is 25.3 Å². The van der Waals surface area contributed by atoms with Crippen LogP contribution < -0.4 is 15.6 Å². The van der Waals surface area contributed by atoms with Crippen molar-refractivity contribution < 1.29 is 19.4 Å². The molecule has 3 N–H and O–H groups in total. The molecule has 0 aliphatic carbocycles. The fraction of sp³-hybridized carbons (Fsp3) is 0.150. The number of halogens is 1. The van der Waals surface area contributed by atoms with Gasteiger partial charge in [0.05, 0.1) is 23.6 Å². The molecule has 0 bridgehead atoms. The third-order valence-corrected chi connectivity index (χ3v) is 3.85. The highest BCUT2D eigenvalue weighted by Gasteiger charge is 2.14. The van der Waals surface area contributed by atoms with E-state index in [-0.39, 0.29) is 5.57 Å². The molecule has 0 heterocycles. The van der Waals surface area contributed by atoms with Gasteiger partial charge in [-0.25, -0.2) is 10.6 Å². The zero-order valence-corrected chi connectivity index (χ0v) is 15.6. The predicted octanol–water partition coefficient (Wildman–Crippen LogP) is 3.73. The van der Waals surface area contributed by atoms with E-state index in [2.05, 4.69) is 6.58 Å². The second-order valence-corrected chi connectivity index (χ2v) is 6.02. The average Bonchev–Trinajstić information content (AvgIpc) is 2.65. The molecule has 142 valence electrons. The summed E-state index contributed by atoms with van der Waals surface area (Å²) in [7, 11) is 1.59. The van der Waals surface area contributed by atoms with Crippen LogP contribution in [0.25, 0.3) is 5.70 Å². The summed E-state index contributed by atoms with van der Waals surface area (Å²) < 4.78 is 10.6. The molecule has 27 heavy (non-hydrogen) atoms. The van der Waals surface area contributed by atoms with Gasteiger partial charge in [-0.2, -0.15) is 0 Å². The lowest BCUT2D eigenvalue weighted by Crippen LogP contribution is -2.29. The lowest BCUT2D eigenvalue weighted by atomic mass is 10.1. The zero-order valence-electron chi connectivity index (χ0n) is 14.9. The second-order valence-electron chi connectivity index (χ2n) is 5.58. The van der Waals surface area contributed by atoms with Gasteiger partial charge < -0.3 is 14.6 Å². The van der Waals surface area contributed by atoms with Crippen molar-refractivity contribution in [2.24, 2.45) is 5.84 Å². The van der Waals surface area contributed by atoms with E-state index in [4.69, 9.17) is 26.9 Å². The second kappa shape index (κ2) is 9.78. The average molecular weight is 389 g/mol. The van der Waals surface area contributed by atoms with Crippen molar-refractivity contribution in [1.82, 2.24) is 0 Å². The summed E-state index contributed by atoms with van der Waals surface area (Å²) >= 11 is 6.05. The molecule has 0 spiro atoms. The smallest absolute Gasteiger partial charge is 0.335 e. The van der Waals surface area contributed by atoms with Crippen LogP contribution >= 0.6 is 11.6 Å². The maximum atomic E-state index is 11.3. The summed E-state index contributed by atoms with van der Waals surface area (Å²) in [6.45, 7) is 4.41. The summed E-state index contributed by atoms with van der Waals surface area (Å²) in [5.41, 5.74) is 1.59. The summed E-state index contributed by atoms with van der Waals surface area (Å²) in [4.78, 5) is 11.3. The number of hydrazine groups is 1. The van der Waals surface area contributed by atoms with E-state index in [1.54, 1.807) is 55.6 Å². The molecule has 0 fully saturated rings. The number of methoxy groups -OCH3 is 1. The van der Waals surface area contributed by atoms with E-state index < -0.39 is 5.97 Å². The maximum Gasteiger partial charge on any atom is 0.335 e. The fourth-order valence-electron chi connectivity index (χ4n) is 2.27. The number of nitrogens with two attached hydrogens (primary N) is 1. The van der Waals surface area contributed by atoms with Gasteiger partial charge in [-0.3, -0.25) is 5.01 Å². The van der Waals surface area contributed by atoms with Crippen molar-refractivity contribution in [3.63, 3.8) is 0 Å². The highest BCUT2D eigenvalue weighted by Crippen LogP contribution is 2.28. The number of ether oxygens (including phenoxy) is 2. The van der Waals surface area contributed by atoms with E-state index in [1.165, 1.54) is 11.1 Å². The zero-order chi connectivity index (χ0) is 19.8. The molecular weight excluding hydrogens is 368 g/mol. The third kappa shape index (κ3) is 5.86. The lowest BCUT2D eigenvalue weighted by Gasteiger charge is -2.23. The lowest BCUT2D eigenvalue weighted by molar-refractivity contribution is -0.132. The molecule has 0 unspecified atom stereocenters. The van der Waals surface area contributed by atoms with Crippen molar-refractivity contribution in [2.45, 2.75) is 0 Å². The number of rotatable bonds is 9. The molecule has 2 aromatic carbocycles. The quantitative estimate of drug-likeness (QED) is 0.224. The van der Waals surface area contributed by atoms with Crippen LogP contribution in [0.15, 0.2) is 66.8 Å². The van der Waals surface area contributed by atoms with Crippen LogP contribution in [-0.4, -0.2) is 31.4 Å². The molecule has 0 aliphatic rings. The van der Waals surface area contributed by atoms with Gasteiger partial charge in [-0.1, -0.05) is 36.4 Å². The largest absolute Gasteiger partial charge is 0.491 e. The maximum absolute atomic E-state index is 11.3. The van der Waals surface area contributed by atoms with Gasteiger partial charge in [0, 0.05) is 17.7 Å². The summed E-state index contributed by atoms with van der Waals surface area (Å²) in [5.74, 6) is 5.74. The Labute approximate surface area is 163 Å². The number of carboxylic acid groups (broad SMARTS) is 1. The standard InChI is InChI=1S/C20H21ClN2O4/c1-14(20(24)25)11-19(23(22)17-7-4-6-16(21)13-17)15-5-3-8-18(12-15)27-10-9-26-2/h3-8,11-13H,1,9-10,22H2,2H3,(H,24,25)/b19-11-. The number of carboxylic acids is 1. The van der Waals surface area contributed by atoms with E-state index in [0.29, 0.717) is 40.9 Å². The number of benzene rings is 2. The Bertz CT molecular complexity index is 851. The van der Waals surface area contributed by atoms with E-state index >= 15 is 0 Å². The van der Waals surface area contributed by atoms with E-state index in [9.17, 15) is 9.90 Å². The predicted molar refractivity (Wildman–Crippen MR) is 107 cm³/mol. The van der Waals surface area contributed by atoms with E-state index in [1.807, 2.05) is 0 Å². The molecule has 0 aliphatic heterocycles. The normalized spacial score (nSPS) is 11.1. The Morgan fingerprint density at radius 2 is 2.00 bits per heavy atom. The minimum absolute atomic E-state index is 0.104. The topological polar surface area (TPSA) is 85.0 Å². The SMILES string of the molecule is C=C(/C=C(/c1cccc(OCCOC)c1)N(N)c1cccc(Cl)c1)C(=O)O. The first-order chi connectivity index (χ1) is 12.9. The summed E-state index contributed by atoms with van der Waals surface area (Å²) in [6, 6.07) is 14.1. The molecule has 2 rings (SSSR count). The third-order valence-electron chi connectivity index (χ3n) is 3.62. The number of aliphatic carboxylic acids is 1. The molecule has 0 saturated heterocycles. The molecule has 0 saturated carbocycles. The molecule has 2 aromatic rings. The molecule has 0 amide bonds. The first-order valence-electron chi connectivity index (χ1n) is 8.09. The van der Waals surface area contributed by atoms with Gasteiger partial charge in [0.15, 0.2) is 0 Å². The van der Waals surface area contributed by atoms with Crippen LogP contribution in [0, 0.1) is 0 Å². The van der Waals surface area contributed by atoms with Crippen molar-refractivity contribution >= 4 is 29.0 Å². The molecule has 0 aromatic heterocycles. The number of hydrogen-bond acceptors (Lipinski definition) is 5. The fourth-order valence-corrected chi connectivity index (χ4v) is 2.46. The minimum atomic E-state index is -1.14. The number of carbonyl (C=O) groups is 1. The molecule has 0 radical (unpaired) electrons. The Balaban J connectivity index is 2.43. The van der Waals surface area contributed by atoms with Crippen LogP contribution in [0.5, 0.6) is 5.75 Å². The summed E-state index contributed by atoms with van der Waals surface area (Å²) in [6.07, 6.45) is 1.40. The van der Waals surface area contributed by atoms with Crippen LogP contribution in [0.2, 0.25) is 5.02 Å². The molecule has 0 atom stereocenters. The molecule has 7 heteroatoms. The van der Waals surface area contributed by atoms with Crippen molar-refractivity contribution in [3.05, 3.63) is 77.3 Å². The van der Waals surface area contributed by atoms with Crippen molar-refractivity contribution in [1.29, 1.82) is 0 Å². The first kappa shape index (κ1) is 20.5. The van der Waals surface area contributed by atoms with Crippen LogP contribution in [0.4, 0.5) is 5.69 Å². The highest BCUT2D eigenvalue weighted by atomic mass is 35.5. The van der Waals surface area contributed by atoms with Crippen molar-refractivity contribution in [3.8, 4) is 5.75 Å². The minimum Gasteiger partial charge on any atom is -0.491 e. The Kier molecular flexibility index (Phi) is 7.43. The van der Waals surface area contributed by atoms with Gasteiger partial charge >= 0.3 is 5.97 Å². The number of hydrogen-bond donors (Lipinski definition) is 2. The van der Waals surface area contributed by atoms with Gasteiger partial charge in [-0.15, -0.1) is 0 Å². The summed E-state index contributed by atoms with van der Waals surface area (Å²) in [5, 5.41) is 11.1. The number of nitrogens with zero attached hydrogens (tertiary/aromatic N) is 1. The van der Waals surface area contributed by atoms with Crippen LogP contribution in [0.3, 0.4) is 0 Å². The van der Waals surface area contributed by atoms with Crippen LogP contribution in [-0.2, 0) is 9.53 Å². The van der Waals surface area contributed by atoms with Gasteiger partial charge in [0.25, 0.3) is 0 Å². The first-order valence-corrected chi connectivity index (χ1v) is 8.46. The molecule has 6 nitrogen and oxygen atoms in total. The highest BCUT2D eigenvalue weighted by molar-refractivity contribution is 6.30. The van der Waals surface area contributed by atoms with E-state index in [0.717, 1.165) is 0 Å². The van der Waals surface area contributed by atoms with Gasteiger partial charge in [0.2, 0.25) is 0 Å². The Hall–Kier alpha value is -2.80. The molecular formula is C20H21ClN2O4. The van der Waals surface area contributed by atoms with Crippen LogP contribution in [0.1, 0.15) is 5.56 Å². The Morgan fingerprint density at radius 1 is 1.26 bits per heavy atom. The Morgan fingerprint density at radius 3 is 2.67 bits per heavy atom. The van der Waals surface area contributed by atoms with Gasteiger partial charge in [0.1, 0.15) is 12.4 Å². The number of anilines is 1.